The lowest BCUT2D eigenvalue weighted by atomic mass is 9.96. The molecule has 1 N–H and O–H groups in total. The van der Waals surface area contributed by atoms with Crippen LogP contribution in [0.15, 0.2) is 48.5 Å². The molecule has 0 heterocycles. The molecular formula is C18H20ClNO2. The highest BCUT2D eigenvalue weighted by Gasteiger charge is 2.13. The summed E-state index contributed by atoms with van der Waals surface area (Å²) in [5.74, 6) is 0.742. The third-order valence-corrected chi connectivity index (χ3v) is 3.98. The molecule has 0 aliphatic heterocycles. The SMILES string of the molecule is CCC(CNC(=O)c1ccc(OC)c(Cl)c1)c1ccccc1. The van der Waals surface area contributed by atoms with Crippen molar-refractivity contribution in [3.05, 3.63) is 64.7 Å². The van der Waals surface area contributed by atoms with Crippen LogP contribution in [0.5, 0.6) is 5.75 Å². The van der Waals surface area contributed by atoms with E-state index in [0.29, 0.717) is 28.8 Å². The molecule has 116 valence electrons. The van der Waals surface area contributed by atoms with Crippen molar-refractivity contribution in [3.63, 3.8) is 0 Å². The van der Waals surface area contributed by atoms with Crippen molar-refractivity contribution >= 4 is 17.5 Å². The van der Waals surface area contributed by atoms with E-state index in [-0.39, 0.29) is 5.91 Å². The Morgan fingerprint density at radius 1 is 1.23 bits per heavy atom. The van der Waals surface area contributed by atoms with Gasteiger partial charge in [0.25, 0.3) is 5.91 Å². The summed E-state index contributed by atoms with van der Waals surface area (Å²) in [4.78, 5) is 12.2. The van der Waals surface area contributed by atoms with Gasteiger partial charge in [-0.1, -0.05) is 48.9 Å². The standard InChI is InChI=1S/C18H20ClNO2/c1-3-13(14-7-5-4-6-8-14)12-20-18(21)15-9-10-17(22-2)16(19)11-15/h4-11,13H,3,12H2,1-2H3,(H,20,21). The second-order valence-electron chi connectivity index (χ2n) is 5.08. The molecule has 0 aliphatic rings. The second kappa shape index (κ2) is 7.85. The van der Waals surface area contributed by atoms with Gasteiger partial charge in [-0.05, 0) is 30.2 Å². The number of amides is 1. The summed E-state index contributed by atoms with van der Waals surface area (Å²) in [6.07, 6.45) is 0.966. The lowest BCUT2D eigenvalue weighted by Crippen LogP contribution is -2.28. The first-order chi connectivity index (χ1) is 10.7. The number of rotatable bonds is 6. The summed E-state index contributed by atoms with van der Waals surface area (Å²) in [6.45, 7) is 2.72. The van der Waals surface area contributed by atoms with Gasteiger partial charge in [-0.2, -0.15) is 0 Å². The summed E-state index contributed by atoms with van der Waals surface area (Å²) in [5.41, 5.74) is 1.77. The fourth-order valence-corrected chi connectivity index (χ4v) is 2.61. The van der Waals surface area contributed by atoms with Crippen LogP contribution < -0.4 is 10.1 Å². The summed E-state index contributed by atoms with van der Waals surface area (Å²) in [7, 11) is 1.55. The van der Waals surface area contributed by atoms with E-state index in [2.05, 4.69) is 24.4 Å². The van der Waals surface area contributed by atoms with Crippen LogP contribution in [0.3, 0.4) is 0 Å². The highest BCUT2D eigenvalue weighted by atomic mass is 35.5. The number of hydrogen-bond acceptors (Lipinski definition) is 2. The third kappa shape index (κ3) is 4.01. The molecule has 1 amide bonds. The number of halogens is 1. The van der Waals surface area contributed by atoms with Crippen LogP contribution in [0.2, 0.25) is 5.02 Å². The maximum absolute atomic E-state index is 12.2. The minimum absolute atomic E-state index is 0.126. The fraction of sp³-hybridized carbons (Fsp3) is 0.278. The Hall–Kier alpha value is -2.00. The molecule has 2 aromatic carbocycles. The molecule has 1 unspecified atom stereocenters. The van der Waals surface area contributed by atoms with Crippen molar-refractivity contribution in [2.75, 3.05) is 13.7 Å². The van der Waals surface area contributed by atoms with Crippen molar-refractivity contribution in [2.24, 2.45) is 0 Å². The van der Waals surface area contributed by atoms with Gasteiger partial charge in [0.15, 0.2) is 0 Å². The molecule has 22 heavy (non-hydrogen) atoms. The monoisotopic (exact) mass is 317 g/mol. The lowest BCUT2D eigenvalue weighted by Gasteiger charge is -2.16. The highest BCUT2D eigenvalue weighted by molar-refractivity contribution is 6.32. The molecule has 0 bridgehead atoms. The van der Waals surface area contributed by atoms with Gasteiger partial charge in [-0.3, -0.25) is 4.79 Å². The normalized spacial score (nSPS) is 11.8. The smallest absolute Gasteiger partial charge is 0.251 e. The predicted octanol–water partition coefficient (Wildman–Crippen LogP) is 4.27. The topological polar surface area (TPSA) is 38.3 Å². The van der Waals surface area contributed by atoms with Gasteiger partial charge < -0.3 is 10.1 Å². The fourth-order valence-electron chi connectivity index (χ4n) is 2.35. The molecule has 0 fully saturated rings. The van der Waals surface area contributed by atoms with Gasteiger partial charge in [0.1, 0.15) is 5.75 Å². The molecule has 0 spiro atoms. The van der Waals surface area contributed by atoms with E-state index >= 15 is 0 Å². The van der Waals surface area contributed by atoms with Crippen LogP contribution in [-0.2, 0) is 0 Å². The number of ether oxygens (including phenoxy) is 1. The Balaban J connectivity index is 2.01. The summed E-state index contributed by atoms with van der Waals surface area (Å²) in [6, 6.07) is 15.2. The molecule has 0 saturated heterocycles. The zero-order chi connectivity index (χ0) is 15.9. The van der Waals surface area contributed by atoms with Crippen LogP contribution in [0.4, 0.5) is 0 Å². The Morgan fingerprint density at radius 2 is 1.95 bits per heavy atom. The van der Waals surface area contributed by atoms with Gasteiger partial charge in [0.2, 0.25) is 0 Å². The number of nitrogens with one attached hydrogen (secondary N) is 1. The second-order valence-corrected chi connectivity index (χ2v) is 5.48. The van der Waals surface area contributed by atoms with E-state index in [1.807, 2.05) is 18.2 Å². The van der Waals surface area contributed by atoms with Gasteiger partial charge in [0.05, 0.1) is 12.1 Å². The largest absolute Gasteiger partial charge is 0.495 e. The Bertz CT molecular complexity index is 628. The summed E-state index contributed by atoms with van der Waals surface area (Å²) < 4.78 is 5.09. The van der Waals surface area contributed by atoms with E-state index in [1.165, 1.54) is 5.56 Å². The first-order valence-electron chi connectivity index (χ1n) is 7.32. The van der Waals surface area contributed by atoms with Crippen molar-refractivity contribution in [1.82, 2.24) is 5.32 Å². The number of methoxy groups -OCH3 is 1. The van der Waals surface area contributed by atoms with Crippen molar-refractivity contribution < 1.29 is 9.53 Å². The van der Waals surface area contributed by atoms with Gasteiger partial charge in [0, 0.05) is 18.0 Å². The molecule has 2 aromatic rings. The molecule has 0 radical (unpaired) electrons. The number of carbonyl (C=O) groups is 1. The number of benzene rings is 2. The van der Waals surface area contributed by atoms with E-state index in [4.69, 9.17) is 16.3 Å². The zero-order valence-electron chi connectivity index (χ0n) is 12.8. The van der Waals surface area contributed by atoms with Gasteiger partial charge in [-0.15, -0.1) is 0 Å². The van der Waals surface area contributed by atoms with E-state index in [9.17, 15) is 4.79 Å². The lowest BCUT2D eigenvalue weighted by molar-refractivity contribution is 0.0951. The van der Waals surface area contributed by atoms with Crippen LogP contribution in [0, 0.1) is 0 Å². The van der Waals surface area contributed by atoms with Crippen molar-refractivity contribution in [1.29, 1.82) is 0 Å². The number of hydrogen-bond donors (Lipinski definition) is 1. The Kier molecular flexibility index (Phi) is 5.84. The summed E-state index contributed by atoms with van der Waals surface area (Å²) >= 11 is 6.05. The van der Waals surface area contributed by atoms with Crippen molar-refractivity contribution in [2.45, 2.75) is 19.3 Å². The van der Waals surface area contributed by atoms with E-state index in [0.717, 1.165) is 6.42 Å². The maximum atomic E-state index is 12.2. The Labute approximate surface area is 136 Å². The molecule has 4 heteroatoms. The van der Waals surface area contributed by atoms with E-state index < -0.39 is 0 Å². The van der Waals surface area contributed by atoms with Crippen LogP contribution >= 0.6 is 11.6 Å². The highest BCUT2D eigenvalue weighted by Crippen LogP contribution is 2.25. The van der Waals surface area contributed by atoms with Crippen LogP contribution in [0.1, 0.15) is 35.2 Å². The number of carbonyl (C=O) groups excluding carboxylic acids is 1. The van der Waals surface area contributed by atoms with E-state index in [1.54, 1.807) is 25.3 Å². The minimum Gasteiger partial charge on any atom is -0.495 e. The molecule has 1 atom stereocenters. The molecule has 0 aliphatic carbocycles. The molecule has 3 nitrogen and oxygen atoms in total. The molecule has 0 aromatic heterocycles. The predicted molar refractivity (Wildman–Crippen MR) is 89.8 cm³/mol. The van der Waals surface area contributed by atoms with Crippen molar-refractivity contribution in [3.8, 4) is 5.75 Å². The Morgan fingerprint density at radius 3 is 2.55 bits per heavy atom. The van der Waals surface area contributed by atoms with Crippen LogP contribution in [-0.4, -0.2) is 19.6 Å². The molecule has 0 saturated carbocycles. The minimum atomic E-state index is -0.126. The molecular weight excluding hydrogens is 298 g/mol. The van der Waals surface area contributed by atoms with Crippen LogP contribution in [0.25, 0.3) is 0 Å². The maximum Gasteiger partial charge on any atom is 0.251 e. The first-order valence-corrected chi connectivity index (χ1v) is 7.70. The van der Waals surface area contributed by atoms with Gasteiger partial charge >= 0.3 is 0 Å². The summed E-state index contributed by atoms with van der Waals surface area (Å²) in [5, 5.41) is 3.41. The molecule has 2 rings (SSSR count). The quantitative estimate of drug-likeness (QED) is 0.864. The zero-order valence-corrected chi connectivity index (χ0v) is 13.6. The third-order valence-electron chi connectivity index (χ3n) is 3.69. The first kappa shape index (κ1) is 16.4. The average molecular weight is 318 g/mol. The van der Waals surface area contributed by atoms with Gasteiger partial charge in [-0.25, -0.2) is 0 Å². The average Bonchev–Trinajstić information content (AvgIpc) is 2.56.